The molecule has 9 nitrogen and oxygen atoms in total. The number of esters is 1. The predicted molar refractivity (Wildman–Crippen MR) is 122 cm³/mol. The van der Waals surface area contributed by atoms with Gasteiger partial charge in [0.2, 0.25) is 11.8 Å². The van der Waals surface area contributed by atoms with Gasteiger partial charge in [0, 0.05) is 12.5 Å². The lowest BCUT2D eigenvalue weighted by Crippen LogP contribution is -2.55. The molecule has 180 valence electrons. The SMILES string of the molecule is CC(C)[C@@H]1NC(=O)/C=C/[C@@H](NC(=O)OC(C)(C)C)COC(=O)[C@H](Cc2ccccc2)NC1=O. The summed E-state index contributed by atoms with van der Waals surface area (Å²) in [5, 5.41) is 7.95. The fourth-order valence-electron chi connectivity index (χ4n) is 3.12. The van der Waals surface area contributed by atoms with Crippen molar-refractivity contribution in [2.45, 2.75) is 64.8 Å². The molecule has 0 spiro atoms. The van der Waals surface area contributed by atoms with Crippen LogP contribution in [0, 0.1) is 5.92 Å². The van der Waals surface area contributed by atoms with E-state index >= 15 is 0 Å². The van der Waals surface area contributed by atoms with Crippen molar-refractivity contribution in [1.82, 2.24) is 16.0 Å². The van der Waals surface area contributed by atoms with Crippen molar-refractivity contribution in [3.63, 3.8) is 0 Å². The van der Waals surface area contributed by atoms with Gasteiger partial charge in [-0.25, -0.2) is 9.59 Å². The number of cyclic esters (lactones) is 1. The maximum atomic E-state index is 12.9. The molecule has 0 fully saturated rings. The van der Waals surface area contributed by atoms with Crippen molar-refractivity contribution in [1.29, 1.82) is 0 Å². The number of ether oxygens (including phenoxy) is 2. The molecule has 9 heteroatoms. The van der Waals surface area contributed by atoms with E-state index in [2.05, 4.69) is 16.0 Å². The van der Waals surface area contributed by atoms with Gasteiger partial charge in [-0.1, -0.05) is 50.3 Å². The Bertz CT molecular complexity index is 876. The Labute approximate surface area is 194 Å². The molecule has 0 aliphatic carbocycles. The second-order valence-electron chi connectivity index (χ2n) is 9.22. The molecule has 1 aromatic carbocycles. The second-order valence-corrected chi connectivity index (χ2v) is 9.22. The topological polar surface area (TPSA) is 123 Å². The van der Waals surface area contributed by atoms with Crippen LogP contribution in [0.5, 0.6) is 0 Å². The van der Waals surface area contributed by atoms with E-state index in [1.807, 2.05) is 30.3 Å². The Morgan fingerprint density at radius 2 is 1.82 bits per heavy atom. The molecule has 3 atom stereocenters. The van der Waals surface area contributed by atoms with E-state index < -0.39 is 47.6 Å². The summed E-state index contributed by atoms with van der Waals surface area (Å²) >= 11 is 0. The van der Waals surface area contributed by atoms with Crippen LogP contribution in [0.15, 0.2) is 42.5 Å². The first kappa shape index (κ1) is 25.9. The lowest BCUT2D eigenvalue weighted by molar-refractivity contribution is -0.148. The number of rotatable bonds is 4. The van der Waals surface area contributed by atoms with Gasteiger partial charge in [-0.3, -0.25) is 9.59 Å². The number of carbonyl (C=O) groups is 4. The molecule has 3 N–H and O–H groups in total. The van der Waals surface area contributed by atoms with Crippen molar-refractivity contribution in [3.8, 4) is 0 Å². The summed E-state index contributed by atoms with van der Waals surface area (Å²) in [6.07, 6.45) is 2.09. The maximum absolute atomic E-state index is 12.9. The van der Waals surface area contributed by atoms with E-state index in [-0.39, 0.29) is 18.9 Å². The summed E-state index contributed by atoms with van der Waals surface area (Å²) in [5.41, 5.74) is 0.114. The van der Waals surface area contributed by atoms with Crippen molar-refractivity contribution in [2.75, 3.05) is 6.61 Å². The van der Waals surface area contributed by atoms with Crippen LogP contribution < -0.4 is 16.0 Å². The largest absolute Gasteiger partial charge is 0.462 e. The Kier molecular flexibility index (Phi) is 9.02. The third-order valence-corrected chi connectivity index (χ3v) is 4.72. The quantitative estimate of drug-likeness (QED) is 0.591. The van der Waals surface area contributed by atoms with Crippen LogP contribution in [-0.2, 0) is 30.3 Å². The Hall–Kier alpha value is -3.36. The van der Waals surface area contributed by atoms with Gasteiger partial charge in [-0.15, -0.1) is 0 Å². The van der Waals surface area contributed by atoms with Gasteiger partial charge in [-0.05, 0) is 32.3 Å². The first-order valence-electron chi connectivity index (χ1n) is 10.9. The van der Waals surface area contributed by atoms with Crippen molar-refractivity contribution in [3.05, 3.63) is 48.0 Å². The normalized spacial score (nSPS) is 23.3. The summed E-state index contributed by atoms with van der Waals surface area (Å²) in [6.45, 7) is 8.50. The molecule has 1 aliphatic heterocycles. The van der Waals surface area contributed by atoms with Crippen LogP contribution in [0.2, 0.25) is 0 Å². The van der Waals surface area contributed by atoms with Crippen molar-refractivity contribution < 1.29 is 28.7 Å². The fourth-order valence-corrected chi connectivity index (χ4v) is 3.12. The first-order chi connectivity index (χ1) is 15.4. The zero-order valence-corrected chi connectivity index (χ0v) is 19.7. The highest BCUT2D eigenvalue weighted by molar-refractivity contribution is 5.94. The third-order valence-electron chi connectivity index (χ3n) is 4.72. The molecule has 0 saturated heterocycles. The zero-order chi connectivity index (χ0) is 24.6. The molecular weight excluding hydrogens is 426 g/mol. The van der Waals surface area contributed by atoms with Gasteiger partial charge in [0.05, 0.1) is 6.04 Å². The van der Waals surface area contributed by atoms with Gasteiger partial charge in [0.1, 0.15) is 24.3 Å². The van der Waals surface area contributed by atoms with Crippen molar-refractivity contribution >= 4 is 23.9 Å². The minimum atomic E-state index is -0.969. The predicted octanol–water partition coefficient (Wildman–Crippen LogP) is 1.86. The summed E-state index contributed by atoms with van der Waals surface area (Å²) in [7, 11) is 0. The van der Waals surface area contributed by atoms with Gasteiger partial charge in [0.15, 0.2) is 0 Å². The summed E-state index contributed by atoms with van der Waals surface area (Å²) in [6, 6.07) is 6.57. The van der Waals surface area contributed by atoms with E-state index in [9.17, 15) is 19.2 Å². The highest BCUT2D eigenvalue weighted by atomic mass is 16.6. The summed E-state index contributed by atoms with van der Waals surface area (Å²) < 4.78 is 10.7. The molecular formula is C24H33N3O6. The molecule has 0 saturated carbocycles. The maximum Gasteiger partial charge on any atom is 0.408 e. The van der Waals surface area contributed by atoms with Crippen LogP contribution in [-0.4, -0.2) is 54.2 Å². The number of carbonyl (C=O) groups excluding carboxylic acids is 4. The van der Waals surface area contributed by atoms with E-state index in [4.69, 9.17) is 9.47 Å². The molecule has 1 heterocycles. The number of amides is 3. The first-order valence-corrected chi connectivity index (χ1v) is 10.9. The number of hydrogen-bond acceptors (Lipinski definition) is 6. The lowest BCUT2D eigenvalue weighted by atomic mass is 10.0. The molecule has 2 rings (SSSR count). The molecule has 0 unspecified atom stereocenters. The standard InChI is InChI=1S/C24H33N3O6/c1-15(2)20-21(29)26-18(13-16-9-7-6-8-10-16)22(30)32-14-17(11-12-19(28)27-20)25-23(31)33-24(3,4)5/h6-12,15,17-18,20H,13-14H2,1-5H3,(H,25,31)(H,26,29)(H,27,28)/b12-11+/t17-,18+,20+/m1/s1. The minimum absolute atomic E-state index is 0.212. The lowest BCUT2D eigenvalue weighted by Gasteiger charge is -2.26. The van der Waals surface area contributed by atoms with Gasteiger partial charge in [-0.2, -0.15) is 0 Å². The highest BCUT2D eigenvalue weighted by Gasteiger charge is 2.30. The van der Waals surface area contributed by atoms with Crippen LogP contribution in [0.4, 0.5) is 4.79 Å². The molecule has 3 amide bonds. The molecule has 33 heavy (non-hydrogen) atoms. The van der Waals surface area contributed by atoms with E-state index in [1.165, 1.54) is 12.2 Å². The van der Waals surface area contributed by atoms with E-state index in [0.717, 1.165) is 5.56 Å². The van der Waals surface area contributed by atoms with Gasteiger partial charge >= 0.3 is 12.1 Å². The molecule has 0 bridgehead atoms. The molecule has 0 radical (unpaired) electrons. The van der Waals surface area contributed by atoms with E-state index in [1.54, 1.807) is 34.6 Å². The summed E-state index contributed by atoms with van der Waals surface area (Å²) in [4.78, 5) is 50.4. The van der Waals surface area contributed by atoms with E-state index in [0.29, 0.717) is 0 Å². The Morgan fingerprint density at radius 3 is 2.42 bits per heavy atom. The van der Waals surface area contributed by atoms with Crippen LogP contribution in [0.25, 0.3) is 0 Å². The average Bonchev–Trinajstić information content (AvgIpc) is 2.71. The molecule has 0 aromatic heterocycles. The van der Waals surface area contributed by atoms with Crippen LogP contribution in [0.1, 0.15) is 40.2 Å². The highest BCUT2D eigenvalue weighted by Crippen LogP contribution is 2.10. The van der Waals surface area contributed by atoms with Crippen molar-refractivity contribution in [2.24, 2.45) is 5.92 Å². The number of hydrogen-bond donors (Lipinski definition) is 3. The van der Waals surface area contributed by atoms with Crippen LogP contribution >= 0.6 is 0 Å². The zero-order valence-electron chi connectivity index (χ0n) is 19.7. The third kappa shape index (κ3) is 8.96. The van der Waals surface area contributed by atoms with Gasteiger partial charge in [0.25, 0.3) is 0 Å². The monoisotopic (exact) mass is 459 g/mol. The number of benzene rings is 1. The van der Waals surface area contributed by atoms with Gasteiger partial charge < -0.3 is 25.4 Å². The minimum Gasteiger partial charge on any atom is -0.462 e. The molecule has 1 aliphatic rings. The smallest absolute Gasteiger partial charge is 0.408 e. The average molecular weight is 460 g/mol. The molecule has 1 aromatic rings. The Morgan fingerprint density at radius 1 is 1.15 bits per heavy atom. The Balaban J connectivity index is 2.27. The second kappa shape index (κ2) is 11.5. The fraction of sp³-hybridized carbons (Fsp3) is 0.500. The summed E-state index contributed by atoms with van der Waals surface area (Å²) in [5.74, 6) is -1.86. The number of nitrogens with one attached hydrogen (secondary N) is 3. The number of alkyl carbamates (subject to hydrolysis) is 1. The van der Waals surface area contributed by atoms with Crippen LogP contribution in [0.3, 0.4) is 0 Å².